The fourth-order valence-electron chi connectivity index (χ4n) is 4.90. The van der Waals surface area contributed by atoms with Crippen molar-refractivity contribution in [2.24, 2.45) is 0 Å². The minimum absolute atomic E-state index is 0.0238. The number of aromatic nitrogens is 2. The number of fused-ring (bicyclic) bond motifs is 2. The molecular weight excluding hydrogens is 422 g/mol. The van der Waals surface area contributed by atoms with E-state index in [-0.39, 0.29) is 11.5 Å². The normalized spacial score (nSPS) is 13.1. The second kappa shape index (κ2) is 8.19. The summed E-state index contributed by atoms with van der Waals surface area (Å²) in [5, 5.41) is 0.924. The third-order valence-electron chi connectivity index (χ3n) is 6.61. The molecule has 166 valence electrons. The lowest BCUT2D eigenvalue weighted by Crippen LogP contribution is -2.35. The zero-order valence-corrected chi connectivity index (χ0v) is 18.5. The van der Waals surface area contributed by atoms with Crippen LogP contribution >= 0.6 is 0 Å². The number of benzene rings is 3. The van der Waals surface area contributed by atoms with Gasteiger partial charge in [-0.1, -0.05) is 54.6 Å². The van der Waals surface area contributed by atoms with Gasteiger partial charge in [0.2, 0.25) is 0 Å². The molecule has 1 amide bonds. The van der Waals surface area contributed by atoms with E-state index in [4.69, 9.17) is 0 Å². The average Bonchev–Trinajstić information content (AvgIpc) is 3.27. The zero-order valence-electron chi connectivity index (χ0n) is 18.5. The Morgan fingerprint density at radius 1 is 0.853 bits per heavy atom. The molecule has 1 aliphatic rings. The number of nitrogens with zero attached hydrogens (tertiary/aromatic N) is 1. The molecule has 0 bridgehead atoms. The lowest BCUT2D eigenvalue weighted by Gasteiger charge is -2.29. The third kappa shape index (κ3) is 3.42. The monoisotopic (exact) mass is 445 g/mol. The Morgan fingerprint density at radius 3 is 2.47 bits per heavy atom. The van der Waals surface area contributed by atoms with Crippen LogP contribution in [0.15, 0.2) is 95.9 Å². The average molecular weight is 446 g/mol. The molecule has 2 N–H and O–H groups in total. The molecule has 5 aromatic rings. The van der Waals surface area contributed by atoms with E-state index in [1.165, 1.54) is 11.1 Å². The number of amides is 1. The van der Waals surface area contributed by atoms with Gasteiger partial charge >= 0.3 is 0 Å². The summed E-state index contributed by atoms with van der Waals surface area (Å²) in [6, 6.07) is 27.7. The van der Waals surface area contributed by atoms with Crippen LogP contribution in [0.25, 0.3) is 33.3 Å². The van der Waals surface area contributed by atoms with Crippen LogP contribution in [0.3, 0.4) is 0 Å². The second-order valence-corrected chi connectivity index (χ2v) is 8.66. The molecule has 0 fully saturated rings. The fraction of sp³-hybridized carbons (Fsp3) is 0.103. The van der Waals surface area contributed by atoms with Crippen molar-refractivity contribution in [2.45, 2.75) is 13.0 Å². The molecular formula is C29H23N3O2. The molecule has 0 unspecified atom stereocenters. The van der Waals surface area contributed by atoms with Gasteiger partial charge in [0.1, 0.15) is 0 Å². The predicted molar refractivity (Wildman–Crippen MR) is 135 cm³/mol. The second-order valence-electron chi connectivity index (χ2n) is 8.66. The number of pyridine rings is 1. The van der Waals surface area contributed by atoms with Crippen molar-refractivity contribution in [3.63, 3.8) is 0 Å². The highest BCUT2D eigenvalue weighted by Crippen LogP contribution is 2.37. The number of rotatable bonds is 3. The molecule has 5 heteroatoms. The summed E-state index contributed by atoms with van der Waals surface area (Å²) in [5.41, 5.74) is 7.13. The number of nitrogens with one attached hydrogen (secondary N) is 2. The summed E-state index contributed by atoms with van der Waals surface area (Å²) in [4.78, 5) is 34.2. The maximum atomic E-state index is 13.5. The Morgan fingerprint density at radius 2 is 1.65 bits per heavy atom. The summed E-state index contributed by atoms with van der Waals surface area (Å²) in [6.45, 7) is 1.33. The van der Waals surface area contributed by atoms with E-state index < -0.39 is 0 Å². The Kier molecular flexibility index (Phi) is 4.88. The summed E-state index contributed by atoms with van der Waals surface area (Å²) in [7, 11) is 0. The molecule has 0 aliphatic carbocycles. The number of carbonyl (C=O) groups is 1. The van der Waals surface area contributed by atoms with Crippen LogP contribution in [-0.4, -0.2) is 27.3 Å². The molecule has 0 radical (unpaired) electrons. The van der Waals surface area contributed by atoms with Crippen molar-refractivity contribution in [1.82, 2.24) is 14.9 Å². The predicted octanol–water partition coefficient (Wildman–Crippen LogP) is 5.39. The number of hydrogen-bond donors (Lipinski definition) is 2. The van der Waals surface area contributed by atoms with E-state index in [9.17, 15) is 9.59 Å². The molecule has 5 nitrogen and oxygen atoms in total. The fourth-order valence-corrected chi connectivity index (χ4v) is 4.90. The van der Waals surface area contributed by atoms with Crippen LogP contribution < -0.4 is 5.56 Å². The van der Waals surface area contributed by atoms with Crippen molar-refractivity contribution in [3.05, 3.63) is 118 Å². The number of H-pyrrole nitrogens is 2. The molecule has 3 heterocycles. The largest absolute Gasteiger partial charge is 0.354 e. The van der Waals surface area contributed by atoms with E-state index in [2.05, 4.69) is 28.2 Å². The van der Waals surface area contributed by atoms with Gasteiger partial charge in [-0.05, 0) is 53.4 Å². The van der Waals surface area contributed by atoms with Crippen LogP contribution in [0, 0.1) is 0 Å². The first-order valence-corrected chi connectivity index (χ1v) is 11.4. The molecule has 2 aromatic heterocycles. The van der Waals surface area contributed by atoms with Gasteiger partial charge in [-0.2, -0.15) is 0 Å². The molecule has 6 rings (SSSR count). The quantitative estimate of drug-likeness (QED) is 0.391. The van der Waals surface area contributed by atoms with Gasteiger partial charge in [0, 0.05) is 41.3 Å². The summed E-state index contributed by atoms with van der Waals surface area (Å²) < 4.78 is 0. The van der Waals surface area contributed by atoms with E-state index in [0.29, 0.717) is 24.2 Å². The lowest BCUT2D eigenvalue weighted by molar-refractivity contribution is 0.0735. The van der Waals surface area contributed by atoms with Crippen LogP contribution in [0.4, 0.5) is 0 Å². The van der Waals surface area contributed by atoms with Gasteiger partial charge in [-0.15, -0.1) is 0 Å². The SMILES string of the molecule is O=C(c1ccc2[nH]c(-c3ccc[nH]c3=O)c(-c3ccccc3)c2c1)N1CCc2ccccc2C1. The Hall–Kier alpha value is -4.38. The highest BCUT2D eigenvalue weighted by molar-refractivity contribution is 6.07. The van der Waals surface area contributed by atoms with E-state index >= 15 is 0 Å². The van der Waals surface area contributed by atoms with Crippen LogP contribution in [0.1, 0.15) is 21.5 Å². The Bertz CT molecular complexity index is 1580. The van der Waals surface area contributed by atoms with E-state index in [1.807, 2.05) is 71.6 Å². The highest BCUT2D eigenvalue weighted by atomic mass is 16.2. The first-order valence-electron chi connectivity index (χ1n) is 11.4. The molecule has 0 atom stereocenters. The standard InChI is InChI=1S/C29H23N3O2/c33-28-23(11-6-15-30-28)27-26(20-8-2-1-3-9-20)24-17-21(12-13-25(24)31-27)29(34)32-16-14-19-7-4-5-10-22(19)18-32/h1-13,15,17,31H,14,16,18H2,(H,30,33). The molecule has 0 saturated carbocycles. The van der Waals surface area contributed by atoms with Crippen LogP contribution in [0.5, 0.6) is 0 Å². The highest BCUT2D eigenvalue weighted by Gasteiger charge is 2.23. The van der Waals surface area contributed by atoms with Gasteiger partial charge in [-0.3, -0.25) is 9.59 Å². The van der Waals surface area contributed by atoms with Crippen molar-refractivity contribution in [2.75, 3.05) is 6.54 Å². The zero-order chi connectivity index (χ0) is 23.1. The molecule has 1 aliphatic heterocycles. The minimum atomic E-state index is -0.158. The van der Waals surface area contributed by atoms with Crippen molar-refractivity contribution >= 4 is 16.8 Å². The van der Waals surface area contributed by atoms with Gasteiger partial charge in [0.25, 0.3) is 11.5 Å². The number of carbonyl (C=O) groups excluding carboxylic acids is 1. The molecule has 3 aromatic carbocycles. The topological polar surface area (TPSA) is 69.0 Å². The molecule has 0 spiro atoms. The molecule has 34 heavy (non-hydrogen) atoms. The van der Waals surface area contributed by atoms with E-state index in [1.54, 1.807) is 6.20 Å². The minimum Gasteiger partial charge on any atom is -0.354 e. The lowest BCUT2D eigenvalue weighted by atomic mass is 9.97. The van der Waals surface area contributed by atoms with Crippen LogP contribution in [0.2, 0.25) is 0 Å². The Labute approximate surface area is 196 Å². The van der Waals surface area contributed by atoms with E-state index in [0.717, 1.165) is 34.1 Å². The van der Waals surface area contributed by atoms with Gasteiger partial charge in [0.05, 0.1) is 11.3 Å². The maximum absolute atomic E-state index is 13.5. The first kappa shape index (κ1) is 20.2. The molecule has 0 saturated heterocycles. The first-order chi connectivity index (χ1) is 16.7. The van der Waals surface area contributed by atoms with Crippen molar-refractivity contribution < 1.29 is 4.79 Å². The number of aromatic amines is 2. The van der Waals surface area contributed by atoms with Crippen LogP contribution in [-0.2, 0) is 13.0 Å². The maximum Gasteiger partial charge on any atom is 0.257 e. The van der Waals surface area contributed by atoms with Crippen molar-refractivity contribution in [1.29, 1.82) is 0 Å². The Balaban J connectivity index is 1.47. The summed E-state index contributed by atoms with van der Waals surface area (Å²) in [6.07, 6.45) is 2.49. The summed E-state index contributed by atoms with van der Waals surface area (Å²) in [5.74, 6) is 0.0238. The number of hydrogen-bond acceptors (Lipinski definition) is 2. The van der Waals surface area contributed by atoms with Gasteiger partial charge < -0.3 is 14.9 Å². The van der Waals surface area contributed by atoms with Crippen molar-refractivity contribution in [3.8, 4) is 22.4 Å². The van der Waals surface area contributed by atoms with Gasteiger partial charge in [0.15, 0.2) is 0 Å². The van der Waals surface area contributed by atoms with Gasteiger partial charge in [-0.25, -0.2) is 0 Å². The summed E-state index contributed by atoms with van der Waals surface area (Å²) >= 11 is 0. The third-order valence-corrected chi connectivity index (χ3v) is 6.61. The smallest absolute Gasteiger partial charge is 0.257 e.